The zero-order valence-corrected chi connectivity index (χ0v) is 8.36. The minimum atomic E-state index is 0.637. The van der Waals surface area contributed by atoms with Crippen molar-refractivity contribution in [2.75, 3.05) is 6.54 Å². The second-order valence-corrected chi connectivity index (χ2v) is 3.05. The maximum absolute atomic E-state index is 10.7. The van der Waals surface area contributed by atoms with Gasteiger partial charge in [-0.2, -0.15) is 0 Å². The predicted octanol–water partition coefficient (Wildman–Crippen LogP) is 2.23. The molecule has 14 heavy (non-hydrogen) atoms. The summed E-state index contributed by atoms with van der Waals surface area (Å²) in [6.07, 6.45) is 3.71. The number of carbonyl (C=O) groups excluding carboxylic acids is 1. The van der Waals surface area contributed by atoms with E-state index in [1.165, 1.54) is 0 Å². The fourth-order valence-electron chi connectivity index (χ4n) is 1.12. The minimum absolute atomic E-state index is 0.637. The van der Waals surface area contributed by atoms with Gasteiger partial charge >= 0.3 is 0 Å². The van der Waals surface area contributed by atoms with Crippen molar-refractivity contribution >= 4 is 12.4 Å². The summed E-state index contributed by atoms with van der Waals surface area (Å²) in [4.78, 5) is 10.7. The molecule has 1 aromatic carbocycles. The Morgan fingerprint density at radius 1 is 1.36 bits per heavy atom. The van der Waals surface area contributed by atoms with E-state index in [0.29, 0.717) is 5.70 Å². The molecule has 2 heteroatoms. The van der Waals surface area contributed by atoms with E-state index < -0.39 is 0 Å². The molecule has 2 nitrogen and oxygen atoms in total. The Hall–Kier alpha value is -1.57. The summed E-state index contributed by atoms with van der Waals surface area (Å²) >= 11 is 0. The van der Waals surface area contributed by atoms with Gasteiger partial charge in [0.1, 0.15) is 0 Å². The van der Waals surface area contributed by atoms with E-state index in [4.69, 9.17) is 0 Å². The van der Waals surface area contributed by atoms with E-state index in [1.54, 1.807) is 0 Å². The van der Waals surface area contributed by atoms with E-state index in [0.717, 1.165) is 24.8 Å². The van der Waals surface area contributed by atoms with Crippen LogP contribution < -0.4 is 5.32 Å². The molecule has 0 fully saturated rings. The van der Waals surface area contributed by atoms with Crippen molar-refractivity contribution in [1.82, 2.24) is 5.32 Å². The highest BCUT2D eigenvalue weighted by molar-refractivity contribution is 5.80. The first kappa shape index (κ1) is 10.5. The van der Waals surface area contributed by atoms with Crippen molar-refractivity contribution in [3.8, 4) is 0 Å². The fraction of sp³-hybridized carbons (Fsp3) is 0.250. The first-order chi connectivity index (χ1) is 6.86. The maximum atomic E-state index is 10.7. The fourth-order valence-corrected chi connectivity index (χ4v) is 1.12. The van der Waals surface area contributed by atoms with Gasteiger partial charge in [-0.05, 0) is 18.1 Å². The molecule has 0 atom stereocenters. The van der Waals surface area contributed by atoms with Gasteiger partial charge < -0.3 is 5.32 Å². The molecule has 0 aliphatic heterocycles. The third kappa shape index (κ3) is 3.44. The first-order valence-electron chi connectivity index (χ1n) is 4.82. The minimum Gasteiger partial charge on any atom is -0.382 e. The second-order valence-electron chi connectivity index (χ2n) is 3.05. The summed E-state index contributed by atoms with van der Waals surface area (Å²) in [6.45, 7) is 2.90. The van der Waals surface area contributed by atoms with Crippen LogP contribution in [0.2, 0.25) is 0 Å². The number of carbonyl (C=O) groups is 1. The molecule has 0 saturated carbocycles. The van der Waals surface area contributed by atoms with Crippen LogP contribution in [-0.2, 0) is 4.79 Å². The summed E-state index contributed by atoms with van der Waals surface area (Å²) in [5.74, 6) is 0. The van der Waals surface area contributed by atoms with Crippen molar-refractivity contribution in [2.45, 2.75) is 13.3 Å². The van der Waals surface area contributed by atoms with Crippen LogP contribution in [0.5, 0.6) is 0 Å². The molecule has 0 saturated heterocycles. The highest BCUT2D eigenvalue weighted by Crippen LogP contribution is 2.03. The third-order valence-electron chi connectivity index (χ3n) is 1.83. The van der Waals surface area contributed by atoms with Crippen LogP contribution >= 0.6 is 0 Å². The number of hydrogen-bond donors (Lipinski definition) is 1. The average Bonchev–Trinajstić information content (AvgIpc) is 2.25. The lowest BCUT2D eigenvalue weighted by molar-refractivity contribution is -0.105. The molecule has 1 N–H and O–H groups in total. The van der Waals surface area contributed by atoms with E-state index in [1.807, 2.05) is 36.4 Å². The summed E-state index contributed by atoms with van der Waals surface area (Å²) < 4.78 is 0. The number of benzene rings is 1. The van der Waals surface area contributed by atoms with Crippen LogP contribution in [0, 0.1) is 0 Å². The highest BCUT2D eigenvalue weighted by atomic mass is 16.1. The monoisotopic (exact) mass is 189 g/mol. The largest absolute Gasteiger partial charge is 0.382 e. The Morgan fingerprint density at radius 3 is 2.64 bits per heavy atom. The van der Waals surface area contributed by atoms with Crippen LogP contribution in [0.1, 0.15) is 18.9 Å². The van der Waals surface area contributed by atoms with Gasteiger partial charge in [-0.1, -0.05) is 37.3 Å². The summed E-state index contributed by atoms with van der Waals surface area (Å²) in [5, 5.41) is 3.06. The van der Waals surface area contributed by atoms with Gasteiger partial charge in [0.2, 0.25) is 0 Å². The number of allylic oxidation sites excluding steroid dienone is 1. The Morgan fingerprint density at radius 2 is 2.07 bits per heavy atom. The number of nitrogens with one attached hydrogen (secondary N) is 1. The van der Waals surface area contributed by atoms with Gasteiger partial charge in [0, 0.05) is 6.54 Å². The molecule has 1 rings (SSSR count). The molecular formula is C12H15NO. The molecule has 0 aromatic heterocycles. The zero-order valence-electron chi connectivity index (χ0n) is 8.36. The second kappa shape index (κ2) is 5.97. The van der Waals surface area contributed by atoms with E-state index in [-0.39, 0.29) is 0 Å². The Bertz CT molecular complexity index is 303. The Labute approximate surface area is 84.6 Å². The molecular weight excluding hydrogens is 174 g/mol. The van der Waals surface area contributed by atoms with E-state index in [9.17, 15) is 4.79 Å². The van der Waals surface area contributed by atoms with Gasteiger partial charge in [0.25, 0.3) is 0 Å². The van der Waals surface area contributed by atoms with Crippen molar-refractivity contribution < 1.29 is 4.79 Å². The van der Waals surface area contributed by atoms with Gasteiger partial charge in [-0.15, -0.1) is 0 Å². The molecule has 0 amide bonds. The van der Waals surface area contributed by atoms with Crippen LogP contribution in [-0.4, -0.2) is 12.8 Å². The molecule has 1 aromatic rings. The smallest absolute Gasteiger partial charge is 0.165 e. The van der Waals surface area contributed by atoms with Crippen molar-refractivity contribution in [3.05, 3.63) is 41.6 Å². The molecule has 0 spiro atoms. The normalized spacial score (nSPS) is 11.1. The highest BCUT2D eigenvalue weighted by Gasteiger charge is 1.93. The molecule has 0 aliphatic rings. The van der Waals surface area contributed by atoms with Crippen molar-refractivity contribution in [3.63, 3.8) is 0 Å². The van der Waals surface area contributed by atoms with Crippen LogP contribution in [0.3, 0.4) is 0 Å². The average molecular weight is 189 g/mol. The molecule has 0 aliphatic carbocycles. The molecule has 0 radical (unpaired) electrons. The molecule has 0 unspecified atom stereocenters. The zero-order chi connectivity index (χ0) is 10.2. The predicted molar refractivity (Wildman–Crippen MR) is 58.8 cm³/mol. The van der Waals surface area contributed by atoms with Crippen molar-refractivity contribution in [2.24, 2.45) is 0 Å². The Balaban J connectivity index is 2.68. The van der Waals surface area contributed by atoms with Crippen LogP contribution in [0.4, 0.5) is 0 Å². The lowest BCUT2D eigenvalue weighted by atomic mass is 10.2. The topological polar surface area (TPSA) is 29.1 Å². The van der Waals surface area contributed by atoms with E-state index >= 15 is 0 Å². The first-order valence-corrected chi connectivity index (χ1v) is 4.82. The standard InChI is InChI=1S/C12H15NO/c1-2-8-13-12(10-14)9-11-6-4-3-5-7-11/h3-7,9-10,13H,2,8H2,1H3. The SMILES string of the molecule is CCCNC(C=O)=Cc1ccccc1. The van der Waals surface area contributed by atoms with Gasteiger partial charge in [-0.3, -0.25) is 4.79 Å². The summed E-state index contributed by atoms with van der Waals surface area (Å²) in [7, 11) is 0. The van der Waals surface area contributed by atoms with Gasteiger partial charge in [0.05, 0.1) is 5.70 Å². The lowest BCUT2D eigenvalue weighted by Gasteiger charge is -2.02. The third-order valence-corrected chi connectivity index (χ3v) is 1.83. The number of rotatable bonds is 5. The molecule has 74 valence electrons. The quantitative estimate of drug-likeness (QED) is 0.568. The van der Waals surface area contributed by atoms with Gasteiger partial charge in [0.15, 0.2) is 6.29 Å². The number of hydrogen-bond acceptors (Lipinski definition) is 2. The maximum Gasteiger partial charge on any atom is 0.165 e. The molecule has 0 bridgehead atoms. The lowest BCUT2D eigenvalue weighted by Crippen LogP contribution is -2.14. The Kier molecular flexibility index (Phi) is 4.48. The summed E-state index contributed by atoms with van der Waals surface area (Å²) in [5.41, 5.74) is 1.68. The molecule has 0 heterocycles. The van der Waals surface area contributed by atoms with Crippen LogP contribution in [0.25, 0.3) is 6.08 Å². The summed E-state index contributed by atoms with van der Waals surface area (Å²) in [6, 6.07) is 9.80. The van der Waals surface area contributed by atoms with Crippen LogP contribution in [0.15, 0.2) is 36.0 Å². The van der Waals surface area contributed by atoms with E-state index in [2.05, 4.69) is 12.2 Å². The van der Waals surface area contributed by atoms with Crippen molar-refractivity contribution in [1.29, 1.82) is 0 Å². The van der Waals surface area contributed by atoms with Gasteiger partial charge in [-0.25, -0.2) is 0 Å². The number of aldehydes is 1.